The molecular formula is C17H11F4NO6. The van der Waals surface area contributed by atoms with Crippen molar-refractivity contribution < 1.29 is 46.1 Å². The lowest BCUT2D eigenvalue weighted by Gasteiger charge is -2.08. The molecule has 1 heterocycles. The smallest absolute Gasteiger partial charge is 0.452 e. The molecule has 3 rings (SSSR count). The zero-order valence-corrected chi connectivity index (χ0v) is 13.8. The molecule has 1 aliphatic heterocycles. The number of benzene rings is 2. The fourth-order valence-corrected chi connectivity index (χ4v) is 2.21. The predicted molar refractivity (Wildman–Crippen MR) is 84.6 cm³/mol. The van der Waals surface area contributed by atoms with Gasteiger partial charge in [-0.05, 0) is 36.4 Å². The number of fused-ring (bicyclic) bond motifs is 1. The average Bonchev–Trinajstić information content (AvgIpc) is 2.93. The highest BCUT2D eigenvalue weighted by Crippen LogP contribution is 2.42. The Morgan fingerprint density at radius 2 is 1.71 bits per heavy atom. The molecule has 28 heavy (non-hydrogen) atoms. The van der Waals surface area contributed by atoms with Crippen LogP contribution >= 0.6 is 0 Å². The number of ether oxygens (including phenoxy) is 4. The molecule has 11 heteroatoms. The summed E-state index contributed by atoms with van der Waals surface area (Å²) in [7, 11) is 0. The molecule has 0 radical (unpaired) electrons. The van der Waals surface area contributed by atoms with E-state index >= 15 is 0 Å². The van der Waals surface area contributed by atoms with Gasteiger partial charge < -0.3 is 24.3 Å². The third-order valence-corrected chi connectivity index (χ3v) is 3.33. The van der Waals surface area contributed by atoms with Gasteiger partial charge in [0.25, 0.3) is 5.91 Å². The van der Waals surface area contributed by atoms with Gasteiger partial charge in [0.2, 0.25) is 0 Å². The molecule has 0 atom stereocenters. The fourth-order valence-electron chi connectivity index (χ4n) is 2.21. The highest BCUT2D eigenvalue weighted by Gasteiger charge is 2.43. The van der Waals surface area contributed by atoms with Crippen molar-refractivity contribution in [3.05, 3.63) is 48.0 Å². The molecule has 0 saturated carbocycles. The van der Waals surface area contributed by atoms with Crippen LogP contribution in [-0.4, -0.2) is 31.4 Å². The lowest BCUT2D eigenvalue weighted by molar-refractivity contribution is -0.286. The van der Waals surface area contributed by atoms with Gasteiger partial charge in [-0.25, -0.2) is 4.79 Å². The minimum Gasteiger partial charge on any atom is -0.452 e. The minimum atomic E-state index is -3.78. The number of esters is 1. The maximum absolute atomic E-state index is 13.0. The first-order valence-electron chi connectivity index (χ1n) is 7.63. The van der Waals surface area contributed by atoms with Gasteiger partial charge >= 0.3 is 18.9 Å². The topological polar surface area (TPSA) is 83.1 Å². The number of nitrogens with one attached hydrogen (secondary N) is 1. The predicted octanol–water partition coefficient (Wildman–Crippen LogP) is 3.41. The summed E-state index contributed by atoms with van der Waals surface area (Å²) in [5.41, 5.74) is 0.134. The van der Waals surface area contributed by atoms with Crippen LogP contribution in [0.1, 0.15) is 10.4 Å². The van der Waals surface area contributed by atoms with Crippen LogP contribution in [0.3, 0.4) is 0 Å². The van der Waals surface area contributed by atoms with Crippen LogP contribution in [0.25, 0.3) is 0 Å². The molecule has 0 bridgehead atoms. The van der Waals surface area contributed by atoms with Crippen LogP contribution in [0.5, 0.6) is 17.2 Å². The van der Waals surface area contributed by atoms with Gasteiger partial charge in [-0.15, -0.1) is 8.78 Å². The van der Waals surface area contributed by atoms with E-state index in [0.717, 1.165) is 18.2 Å². The first-order valence-corrected chi connectivity index (χ1v) is 7.63. The van der Waals surface area contributed by atoms with Gasteiger partial charge in [-0.2, -0.15) is 8.78 Å². The van der Waals surface area contributed by atoms with Crippen molar-refractivity contribution in [2.24, 2.45) is 0 Å². The molecule has 0 saturated heterocycles. The van der Waals surface area contributed by atoms with Crippen molar-refractivity contribution in [3.63, 3.8) is 0 Å². The SMILES string of the molecule is O=C(COC(=O)c1ccc(OC(F)F)cc1)Nc1ccc2c(c1)OC(F)(F)O2. The van der Waals surface area contributed by atoms with Gasteiger partial charge in [-0.1, -0.05) is 0 Å². The van der Waals surface area contributed by atoms with Crippen molar-refractivity contribution in [2.45, 2.75) is 12.9 Å². The van der Waals surface area contributed by atoms with Gasteiger partial charge in [0, 0.05) is 11.8 Å². The van der Waals surface area contributed by atoms with Crippen LogP contribution in [0.2, 0.25) is 0 Å². The summed E-state index contributed by atoms with van der Waals surface area (Å²) in [6.07, 6.45) is -3.78. The van der Waals surface area contributed by atoms with Crippen molar-refractivity contribution in [3.8, 4) is 17.2 Å². The highest BCUT2D eigenvalue weighted by molar-refractivity contribution is 5.95. The summed E-state index contributed by atoms with van der Waals surface area (Å²) in [6, 6.07) is 8.27. The molecular weight excluding hydrogens is 390 g/mol. The minimum absolute atomic E-state index is 0.0136. The molecule has 0 unspecified atom stereocenters. The van der Waals surface area contributed by atoms with Crippen molar-refractivity contribution in [2.75, 3.05) is 11.9 Å². The maximum Gasteiger partial charge on any atom is 0.586 e. The van der Waals surface area contributed by atoms with E-state index < -0.39 is 31.4 Å². The van der Waals surface area contributed by atoms with Crippen molar-refractivity contribution in [1.29, 1.82) is 0 Å². The van der Waals surface area contributed by atoms with Crippen molar-refractivity contribution >= 4 is 17.6 Å². The highest BCUT2D eigenvalue weighted by atomic mass is 19.3. The lowest BCUT2D eigenvalue weighted by Crippen LogP contribution is -2.25. The van der Waals surface area contributed by atoms with E-state index in [2.05, 4.69) is 19.5 Å². The molecule has 0 fully saturated rings. The van der Waals surface area contributed by atoms with Crippen LogP contribution in [0.4, 0.5) is 23.2 Å². The molecule has 2 aromatic rings. The number of anilines is 1. The second kappa shape index (κ2) is 7.62. The summed E-state index contributed by atoms with van der Waals surface area (Å²) in [6.45, 7) is -3.66. The van der Waals surface area contributed by atoms with E-state index in [1.807, 2.05) is 0 Å². The quantitative estimate of drug-likeness (QED) is 0.590. The fraction of sp³-hybridized carbons (Fsp3) is 0.176. The number of carbonyl (C=O) groups excluding carboxylic acids is 2. The largest absolute Gasteiger partial charge is 0.586 e. The lowest BCUT2D eigenvalue weighted by atomic mass is 10.2. The molecule has 148 valence electrons. The molecule has 7 nitrogen and oxygen atoms in total. The molecule has 0 aromatic heterocycles. The number of amides is 1. The Hall–Kier alpha value is -3.50. The van der Waals surface area contributed by atoms with Crippen LogP contribution < -0.4 is 19.5 Å². The van der Waals surface area contributed by atoms with Crippen molar-refractivity contribution in [1.82, 2.24) is 0 Å². The molecule has 0 spiro atoms. The van der Waals surface area contributed by atoms with Gasteiger partial charge in [0.1, 0.15) is 5.75 Å². The third-order valence-electron chi connectivity index (χ3n) is 3.33. The zero-order chi connectivity index (χ0) is 20.3. The van der Waals surface area contributed by atoms with Gasteiger partial charge in [0.05, 0.1) is 5.56 Å². The third kappa shape index (κ3) is 4.81. The first-order chi connectivity index (χ1) is 13.2. The number of rotatable bonds is 6. The zero-order valence-electron chi connectivity index (χ0n) is 13.8. The summed E-state index contributed by atoms with van der Waals surface area (Å²) in [5.74, 6) is -2.20. The first kappa shape index (κ1) is 19.3. The summed E-state index contributed by atoms with van der Waals surface area (Å²) < 4.78 is 67.5. The number of hydrogen-bond acceptors (Lipinski definition) is 6. The Labute approximate surface area is 154 Å². The van der Waals surface area contributed by atoms with Crippen LogP contribution in [0, 0.1) is 0 Å². The number of hydrogen-bond donors (Lipinski definition) is 1. The number of carbonyl (C=O) groups is 2. The van der Waals surface area contributed by atoms with Crippen LogP contribution in [0.15, 0.2) is 42.5 Å². The summed E-state index contributed by atoms with van der Waals surface area (Å²) in [4.78, 5) is 23.7. The molecule has 1 N–H and O–H groups in total. The van der Waals surface area contributed by atoms with E-state index in [-0.39, 0.29) is 28.5 Å². The average molecular weight is 401 g/mol. The van der Waals surface area contributed by atoms with E-state index in [9.17, 15) is 27.2 Å². The Morgan fingerprint density at radius 3 is 2.39 bits per heavy atom. The number of halogens is 4. The second-order valence-corrected chi connectivity index (χ2v) is 5.36. The van der Waals surface area contributed by atoms with Gasteiger partial charge in [0.15, 0.2) is 18.1 Å². The monoisotopic (exact) mass is 401 g/mol. The van der Waals surface area contributed by atoms with E-state index in [1.54, 1.807) is 0 Å². The second-order valence-electron chi connectivity index (χ2n) is 5.36. The molecule has 1 aliphatic rings. The van der Waals surface area contributed by atoms with E-state index in [0.29, 0.717) is 0 Å². The van der Waals surface area contributed by atoms with Crippen LogP contribution in [-0.2, 0) is 9.53 Å². The standard InChI is InChI=1S/C17H11F4NO6/c18-16(19)26-11-4-1-9(2-5-11)15(24)25-8-14(23)22-10-3-6-12-13(7-10)28-17(20,21)27-12/h1-7,16H,8H2,(H,22,23). The Morgan fingerprint density at radius 1 is 1.04 bits per heavy atom. The summed E-state index contributed by atoms with van der Waals surface area (Å²) >= 11 is 0. The van der Waals surface area contributed by atoms with Gasteiger partial charge in [-0.3, -0.25) is 4.79 Å². The molecule has 0 aliphatic carbocycles. The number of alkyl halides is 4. The summed E-state index contributed by atoms with van der Waals surface area (Å²) in [5, 5.41) is 2.34. The van der Waals surface area contributed by atoms with E-state index in [1.165, 1.54) is 24.3 Å². The Kier molecular flexibility index (Phi) is 5.25. The Bertz CT molecular complexity index is 888. The maximum atomic E-state index is 13.0. The van der Waals surface area contributed by atoms with E-state index in [4.69, 9.17) is 4.74 Å². The molecule has 2 aromatic carbocycles. The Balaban J connectivity index is 1.51. The molecule has 1 amide bonds. The normalized spacial score (nSPS) is 13.9.